The third-order valence-corrected chi connectivity index (χ3v) is 5.92. The number of nitrogens with one attached hydrogen (secondary N) is 1. The predicted molar refractivity (Wildman–Crippen MR) is 107 cm³/mol. The Morgan fingerprint density at radius 3 is 2.50 bits per heavy atom. The summed E-state index contributed by atoms with van der Waals surface area (Å²) in [6.45, 7) is 5.79. The molecule has 1 aromatic carbocycles. The van der Waals surface area contributed by atoms with Crippen LogP contribution in [-0.4, -0.2) is 30.0 Å². The normalized spacial score (nSPS) is 20.1. The Morgan fingerprint density at radius 2 is 1.90 bits per heavy atom. The number of anilines is 1. The molecule has 1 N–H and O–H groups in total. The van der Waals surface area contributed by atoms with Gasteiger partial charge in [-0.3, -0.25) is 9.59 Å². The average molecular weight is 422 g/mol. The Kier molecular flexibility index (Phi) is 5.58. The number of amides is 1. The molecule has 0 aliphatic heterocycles. The van der Waals surface area contributed by atoms with Gasteiger partial charge in [-0.1, -0.05) is 32.9 Å². The molecule has 1 aliphatic carbocycles. The van der Waals surface area contributed by atoms with Crippen LogP contribution < -0.4 is 5.32 Å². The Hall–Kier alpha value is -2.61. The summed E-state index contributed by atoms with van der Waals surface area (Å²) in [4.78, 5) is 25.5. The number of carbonyl (C=O) groups excluding carboxylic acids is 2. The lowest BCUT2D eigenvalue weighted by molar-refractivity contribution is -0.137. The number of aryl methyl sites for hydroxylation is 1. The fraction of sp³-hybridized carbons (Fsp3) is 0.455. The minimum Gasteiger partial charge on any atom is -0.377 e. The smallest absolute Gasteiger partial charge is 0.377 e. The maximum Gasteiger partial charge on any atom is 0.418 e. The molecule has 3 rings (SSSR count). The number of halogens is 3. The number of aromatic nitrogens is 1. The van der Waals surface area contributed by atoms with Crippen LogP contribution in [0.5, 0.6) is 0 Å². The molecule has 2 atom stereocenters. The molecule has 8 heteroatoms. The molecule has 0 saturated heterocycles. The van der Waals surface area contributed by atoms with E-state index in [1.165, 1.54) is 18.7 Å². The van der Waals surface area contributed by atoms with Gasteiger partial charge in [0.25, 0.3) is 5.91 Å². The molecule has 1 aromatic heterocycles. The zero-order valence-electron chi connectivity index (χ0n) is 17.6. The zero-order valence-corrected chi connectivity index (χ0v) is 17.6. The highest BCUT2D eigenvalue weighted by atomic mass is 19.4. The Labute approximate surface area is 173 Å². The Bertz CT molecular complexity index is 992. The molecule has 1 aliphatic rings. The highest BCUT2D eigenvalue weighted by Gasteiger charge is 2.49. The first kappa shape index (κ1) is 22.1. The summed E-state index contributed by atoms with van der Waals surface area (Å²) in [5, 5.41) is 2.65. The van der Waals surface area contributed by atoms with Gasteiger partial charge in [0.15, 0.2) is 5.78 Å². The minimum absolute atomic E-state index is 0.0208. The van der Waals surface area contributed by atoms with E-state index < -0.39 is 28.6 Å². The molecule has 1 amide bonds. The number of benzene rings is 1. The zero-order chi connectivity index (χ0) is 22.4. The van der Waals surface area contributed by atoms with Crippen molar-refractivity contribution in [2.45, 2.75) is 38.3 Å². The van der Waals surface area contributed by atoms with Crippen LogP contribution in [0.1, 0.15) is 53.7 Å². The van der Waals surface area contributed by atoms with E-state index in [1.54, 1.807) is 12.1 Å². The molecule has 1 heterocycles. The van der Waals surface area contributed by atoms with Crippen LogP contribution in [0.4, 0.5) is 18.9 Å². The van der Waals surface area contributed by atoms with E-state index in [9.17, 15) is 22.8 Å². The van der Waals surface area contributed by atoms with Crippen LogP contribution >= 0.6 is 0 Å². The SMILES string of the molecule is COCC(=O)C1C(C)c2c(NC(=O)c3cn(C)cc3C(F)(F)F)cccc2C1(C)C. The van der Waals surface area contributed by atoms with Crippen LogP contribution in [0.3, 0.4) is 0 Å². The molecular formula is C22H25F3N2O3. The summed E-state index contributed by atoms with van der Waals surface area (Å²) in [5.41, 5.74) is 0.148. The second-order valence-electron chi connectivity index (χ2n) is 8.36. The van der Waals surface area contributed by atoms with E-state index in [0.717, 1.165) is 23.5 Å². The van der Waals surface area contributed by atoms with Gasteiger partial charge in [-0.25, -0.2) is 0 Å². The number of hydrogen-bond acceptors (Lipinski definition) is 3. The lowest BCUT2D eigenvalue weighted by atomic mass is 9.74. The lowest BCUT2D eigenvalue weighted by Crippen LogP contribution is -2.34. The standard InChI is InChI=1S/C22H25F3N2O3/c1-12-18-14(21(2,3)19(12)17(28)11-30-5)7-6-8-16(18)26-20(29)13-9-27(4)10-15(13)22(23,24)25/h6-10,12,19H,11H2,1-5H3,(H,26,29). The number of hydrogen-bond donors (Lipinski definition) is 1. The number of rotatable bonds is 5. The first-order valence-corrected chi connectivity index (χ1v) is 9.59. The van der Waals surface area contributed by atoms with Gasteiger partial charge in [0.2, 0.25) is 0 Å². The maximum absolute atomic E-state index is 13.3. The third-order valence-electron chi connectivity index (χ3n) is 5.92. The van der Waals surface area contributed by atoms with E-state index in [4.69, 9.17) is 4.74 Å². The van der Waals surface area contributed by atoms with Gasteiger partial charge in [-0.2, -0.15) is 13.2 Å². The highest BCUT2D eigenvalue weighted by molar-refractivity contribution is 6.06. The van der Waals surface area contributed by atoms with Gasteiger partial charge >= 0.3 is 6.18 Å². The van der Waals surface area contributed by atoms with Crippen LogP contribution in [0.15, 0.2) is 30.6 Å². The fourth-order valence-corrected chi connectivity index (χ4v) is 4.78. The first-order valence-electron chi connectivity index (χ1n) is 9.59. The molecule has 0 spiro atoms. The van der Waals surface area contributed by atoms with E-state index in [-0.39, 0.29) is 24.2 Å². The quantitative estimate of drug-likeness (QED) is 0.771. The number of ether oxygens (including phenoxy) is 1. The van der Waals surface area contributed by atoms with Crippen molar-refractivity contribution in [1.82, 2.24) is 4.57 Å². The third kappa shape index (κ3) is 3.64. The molecular weight excluding hydrogens is 397 g/mol. The summed E-state index contributed by atoms with van der Waals surface area (Å²) >= 11 is 0. The van der Waals surface area contributed by atoms with Gasteiger partial charge in [0, 0.05) is 43.6 Å². The first-order chi connectivity index (χ1) is 13.9. The van der Waals surface area contributed by atoms with Crippen LogP contribution in [0.2, 0.25) is 0 Å². The van der Waals surface area contributed by atoms with Crippen LogP contribution in [0.25, 0.3) is 0 Å². The van der Waals surface area contributed by atoms with Crippen molar-refractivity contribution in [3.63, 3.8) is 0 Å². The van der Waals surface area contributed by atoms with Crippen molar-refractivity contribution in [2.75, 3.05) is 19.0 Å². The fourth-order valence-electron chi connectivity index (χ4n) is 4.78. The molecule has 2 aromatic rings. The molecule has 0 radical (unpaired) electrons. The van der Waals surface area contributed by atoms with E-state index in [0.29, 0.717) is 5.69 Å². The van der Waals surface area contributed by atoms with Gasteiger partial charge in [-0.05, 0) is 23.1 Å². The number of ketones is 1. The van der Waals surface area contributed by atoms with Gasteiger partial charge in [0.05, 0.1) is 11.1 Å². The van der Waals surface area contributed by atoms with E-state index in [2.05, 4.69) is 5.32 Å². The summed E-state index contributed by atoms with van der Waals surface area (Å²) in [6.07, 6.45) is -2.60. The molecule has 2 unspecified atom stereocenters. The number of nitrogens with zero attached hydrogens (tertiary/aromatic N) is 1. The minimum atomic E-state index is -4.64. The van der Waals surface area contributed by atoms with Crippen molar-refractivity contribution in [1.29, 1.82) is 0 Å². The van der Waals surface area contributed by atoms with Crippen LogP contribution in [0, 0.1) is 5.92 Å². The van der Waals surface area contributed by atoms with Gasteiger partial charge in [0.1, 0.15) is 6.61 Å². The molecule has 162 valence electrons. The highest BCUT2D eigenvalue weighted by Crippen LogP contribution is 2.53. The van der Waals surface area contributed by atoms with Crippen LogP contribution in [-0.2, 0) is 28.2 Å². The average Bonchev–Trinajstić information content (AvgIpc) is 3.12. The van der Waals surface area contributed by atoms with E-state index >= 15 is 0 Å². The Morgan fingerprint density at radius 1 is 1.23 bits per heavy atom. The maximum atomic E-state index is 13.3. The molecule has 30 heavy (non-hydrogen) atoms. The summed E-state index contributed by atoms with van der Waals surface area (Å²) < 4.78 is 46.2. The summed E-state index contributed by atoms with van der Waals surface area (Å²) in [6, 6.07) is 5.29. The summed E-state index contributed by atoms with van der Waals surface area (Å²) in [5.74, 6) is -1.49. The molecule has 0 fully saturated rings. The van der Waals surface area contributed by atoms with Crippen molar-refractivity contribution in [3.05, 3.63) is 52.8 Å². The number of fused-ring (bicyclic) bond motifs is 1. The lowest BCUT2D eigenvalue weighted by Gasteiger charge is -2.29. The van der Waals surface area contributed by atoms with Crippen molar-refractivity contribution in [3.8, 4) is 0 Å². The molecule has 5 nitrogen and oxygen atoms in total. The largest absolute Gasteiger partial charge is 0.418 e. The number of carbonyl (C=O) groups is 2. The topological polar surface area (TPSA) is 60.3 Å². The molecule has 0 saturated carbocycles. The molecule has 0 bridgehead atoms. The van der Waals surface area contributed by atoms with E-state index in [1.807, 2.05) is 26.8 Å². The van der Waals surface area contributed by atoms with Gasteiger partial charge < -0.3 is 14.6 Å². The predicted octanol–water partition coefficient (Wildman–Crippen LogP) is 4.52. The van der Waals surface area contributed by atoms with Crippen molar-refractivity contribution < 1.29 is 27.5 Å². The van der Waals surface area contributed by atoms with Crippen molar-refractivity contribution >= 4 is 17.4 Å². The second-order valence-corrected chi connectivity index (χ2v) is 8.36. The monoisotopic (exact) mass is 422 g/mol. The van der Waals surface area contributed by atoms with Gasteiger partial charge in [-0.15, -0.1) is 0 Å². The summed E-state index contributed by atoms with van der Waals surface area (Å²) in [7, 11) is 2.89. The number of methoxy groups -OCH3 is 1. The number of alkyl halides is 3. The van der Waals surface area contributed by atoms with Crippen molar-refractivity contribution in [2.24, 2.45) is 13.0 Å². The number of Topliss-reactive ketones (excluding diaryl/α,β-unsaturated/α-hetero) is 1. The Balaban J connectivity index is 2.00. The second kappa shape index (κ2) is 7.58.